The summed E-state index contributed by atoms with van der Waals surface area (Å²) in [7, 11) is 0. The Morgan fingerprint density at radius 1 is 1.06 bits per heavy atom. The van der Waals surface area contributed by atoms with Crippen molar-refractivity contribution in [1.29, 1.82) is 0 Å². The smallest absolute Gasteiger partial charge is 0.330 e. The van der Waals surface area contributed by atoms with Gasteiger partial charge in [0.2, 0.25) is 11.8 Å². The monoisotopic (exact) mass is 536 g/mol. The van der Waals surface area contributed by atoms with Crippen molar-refractivity contribution in [2.45, 2.75) is 25.8 Å². The lowest BCUT2D eigenvalue weighted by Gasteiger charge is -2.26. The van der Waals surface area contributed by atoms with Gasteiger partial charge in [0.05, 0.1) is 11.8 Å². The van der Waals surface area contributed by atoms with Crippen LogP contribution >= 0.6 is 15.9 Å². The molecule has 5 atom stereocenters. The van der Waals surface area contributed by atoms with Crippen LogP contribution in [0.15, 0.2) is 65.2 Å². The maximum absolute atomic E-state index is 13.3. The molecule has 1 heterocycles. The molecule has 5 rings (SSSR count). The number of amides is 3. The highest BCUT2D eigenvalue weighted by Gasteiger charge is 2.61. The van der Waals surface area contributed by atoms with E-state index in [9.17, 15) is 19.2 Å². The zero-order chi connectivity index (χ0) is 24.7. The van der Waals surface area contributed by atoms with Crippen molar-refractivity contribution in [3.05, 3.63) is 76.3 Å². The predicted molar refractivity (Wildman–Crippen MR) is 132 cm³/mol. The van der Waals surface area contributed by atoms with Crippen molar-refractivity contribution in [3.63, 3.8) is 0 Å². The molecule has 35 heavy (non-hydrogen) atoms. The van der Waals surface area contributed by atoms with Crippen LogP contribution in [0.3, 0.4) is 0 Å². The number of nitrogens with one attached hydrogen (secondary N) is 1. The van der Waals surface area contributed by atoms with Gasteiger partial charge in [-0.25, -0.2) is 4.79 Å². The molecule has 2 bridgehead atoms. The third kappa shape index (κ3) is 4.43. The number of allylic oxidation sites excluding steroid dienone is 2. The number of hydrogen-bond acceptors (Lipinski definition) is 5. The minimum atomic E-state index is -1.12. The third-order valence-electron chi connectivity index (χ3n) is 7.17. The number of nitrogens with zero attached hydrogens (tertiary/aromatic N) is 1. The maximum Gasteiger partial charge on any atom is 0.330 e. The van der Waals surface area contributed by atoms with Crippen LogP contribution in [0.2, 0.25) is 0 Å². The molecule has 2 aromatic rings. The number of benzene rings is 2. The summed E-state index contributed by atoms with van der Waals surface area (Å²) < 4.78 is 6.24. The van der Waals surface area contributed by atoms with Gasteiger partial charge in [-0.15, -0.1) is 0 Å². The number of ether oxygens (including phenoxy) is 1. The molecule has 1 aliphatic heterocycles. The van der Waals surface area contributed by atoms with Crippen molar-refractivity contribution in [2.24, 2.45) is 23.7 Å². The van der Waals surface area contributed by atoms with Gasteiger partial charge >= 0.3 is 5.97 Å². The van der Waals surface area contributed by atoms with Gasteiger partial charge < -0.3 is 10.1 Å². The van der Waals surface area contributed by atoms with Gasteiger partial charge in [-0.2, -0.15) is 0 Å². The van der Waals surface area contributed by atoms with Crippen LogP contribution in [-0.4, -0.2) is 41.2 Å². The Kier molecular flexibility index (Phi) is 6.32. The molecule has 2 aromatic carbocycles. The Bertz CT molecular complexity index is 1200. The van der Waals surface area contributed by atoms with Gasteiger partial charge in [0.15, 0.2) is 6.61 Å². The summed E-state index contributed by atoms with van der Waals surface area (Å²) in [5, 5.41) is 2.73. The van der Waals surface area contributed by atoms with E-state index >= 15 is 0 Å². The van der Waals surface area contributed by atoms with Gasteiger partial charge in [0, 0.05) is 16.6 Å². The van der Waals surface area contributed by atoms with Crippen LogP contribution in [0.25, 0.3) is 0 Å². The Balaban J connectivity index is 1.32. The molecule has 1 saturated heterocycles. The van der Waals surface area contributed by atoms with Gasteiger partial charge in [-0.1, -0.05) is 58.4 Å². The molecule has 0 unspecified atom stereocenters. The zero-order valence-corrected chi connectivity index (χ0v) is 20.7. The fourth-order valence-electron chi connectivity index (χ4n) is 5.54. The topological polar surface area (TPSA) is 92.8 Å². The largest absolute Gasteiger partial charge is 0.454 e. The fraction of sp³-hybridized carbons (Fsp3) is 0.333. The van der Waals surface area contributed by atoms with Crippen LogP contribution < -0.4 is 5.32 Å². The second-order valence-electron chi connectivity index (χ2n) is 9.37. The van der Waals surface area contributed by atoms with E-state index in [4.69, 9.17) is 4.74 Å². The second-order valence-corrected chi connectivity index (χ2v) is 10.3. The van der Waals surface area contributed by atoms with E-state index in [0.717, 1.165) is 26.9 Å². The molecular formula is C27H25BrN2O5. The number of anilines is 1. The summed E-state index contributed by atoms with van der Waals surface area (Å²) in [4.78, 5) is 53.5. The minimum Gasteiger partial charge on any atom is -0.454 e. The van der Waals surface area contributed by atoms with Crippen molar-refractivity contribution < 1.29 is 23.9 Å². The van der Waals surface area contributed by atoms with Crippen LogP contribution in [-0.2, 0) is 30.3 Å². The average Bonchev–Trinajstić information content (AvgIpc) is 3.52. The number of rotatable bonds is 7. The molecule has 0 radical (unpaired) electrons. The first-order valence-electron chi connectivity index (χ1n) is 11.7. The molecule has 3 aliphatic rings. The van der Waals surface area contributed by atoms with Crippen molar-refractivity contribution in [1.82, 2.24) is 4.90 Å². The number of imide groups is 1. The quantitative estimate of drug-likeness (QED) is 0.331. The van der Waals surface area contributed by atoms with E-state index in [2.05, 4.69) is 21.2 Å². The van der Waals surface area contributed by atoms with Gasteiger partial charge in [0.1, 0.15) is 6.04 Å². The van der Waals surface area contributed by atoms with E-state index in [1.54, 1.807) is 12.1 Å². The number of hydrogen-bond donors (Lipinski definition) is 1. The summed E-state index contributed by atoms with van der Waals surface area (Å²) in [5.41, 5.74) is 2.25. The summed E-state index contributed by atoms with van der Waals surface area (Å²) in [6, 6.07) is 13.5. The fourth-order valence-corrected chi connectivity index (χ4v) is 6.01. The molecule has 8 heteroatoms. The van der Waals surface area contributed by atoms with E-state index in [1.165, 1.54) is 0 Å². The molecule has 2 aliphatic carbocycles. The van der Waals surface area contributed by atoms with Crippen molar-refractivity contribution in [3.8, 4) is 0 Å². The van der Waals surface area contributed by atoms with Crippen LogP contribution in [0.4, 0.5) is 5.69 Å². The van der Waals surface area contributed by atoms with Crippen molar-refractivity contribution in [2.75, 3.05) is 11.9 Å². The first-order chi connectivity index (χ1) is 16.8. The highest BCUT2D eigenvalue weighted by atomic mass is 79.9. The molecule has 3 amide bonds. The molecule has 0 spiro atoms. The molecule has 1 saturated carbocycles. The highest BCUT2D eigenvalue weighted by molar-refractivity contribution is 9.10. The standard InChI is InChI=1S/C27H25BrN2O5/c1-15-11-19(28)9-10-20(15)29-22(31)14-35-27(34)21(12-16-5-3-2-4-6-16)30-25(32)23-17-7-8-18(13-17)24(23)26(30)33/h2-11,17-18,21,23-24H,12-14H2,1H3,(H,29,31)/t17-,18-,21+,23-,24+/m0/s1. The van der Waals surface area contributed by atoms with Gasteiger partial charge in [-0.05, 0) is 54.5 Å². The first-order valence-corrected chi connectivity index (χ1v) is 12.4. The normalized spacial score (nSPS) is 25.0. The Labute approximate surface area is 211 Å². The number of halogens is 1. The van der Waals surface area contributed by atoms with Crippen LogP contribution in [0, 0.1) is 30.6 Å². The van der Waals surface area contributed by atoms with E-state index < -0.39 is 36.4 Å². The summed E-state index contributed by atoms with van der Waals surface area (Å²) in [6.45, 7) is 1.33. The molecular weight excluding hydrogens is 512 g/mol. The summed E-state index contributed by atoms with van der Waals surface area (Å²) in [5.74, 6) is -2.63. The number of likely N-dealkylation sites (tertiary alicyclic amines) is 1. The zero-order valence-electron chi connectivity index (χ0n) is 19.1. The van der Waals surface area contributed by atoms with E-state index in [-0.39, 0.29) is 30.1 Å². The first kappa shape index (κ1) is 23.5. The SMILES string of the molecule is Cc1cc(Br)ccc1NC(=O)COC(=O)[C@@H](Cc1ccccc1)N1C(=O)[C@@H]2[C@H](C1=O)[C@H]1C=C[C@H]2C1. The van der Waals surface area contributed by atoms with Crippen LogP contribution in [0.1, 0.15) is 17.5 Å². The molecule has 7 nitrogen and oxygen atoms in total. The number of carbonyl (C=O) groups excluding carboxylic acids is 4. The summed E-state index contributed by atoms with van der Waals surface area (Å²) in [6.07, 6.45) is 4.97. The lowest BCUT2D eigenvalue weighted by Crippen LogP contribution is -2.48. The lowest BCUT2D eigenvalue weighted by molar-refractivity contribution is -0.160. The second kappa shape index (κ2) is 9.41. The van der Waals surface area contributed by atoms with Crippen LogP contribution in [0.5, 0.6) is 0 Å². The Morgan fingerprint density at radius 2 is 1.71 bits per heavy atom. The summed E-state index contributed by atoms with van der Waals surface area (Å²) >= 11 is 3.38. The Hall–Kier alpha value is -3.26. The van der Waals surface area contributed by atoms with Gasteiger partial charge in [-0.3, -0.25) is 19.3 Å². The Morgan fingerprint density at radius 3 is 2.34 bits per heavy atom. The van der Waals surface area contributed by atoms with E-state index in [0.29, 0.717) is 5.69 Å². The maximum atomic E-state index is 13.3. The lowest BCUT2D eigenvalue weighted by atomic mass is 9.85. The molecule has 2 fully saturated rings. The number of esters is 1. The molecule has 1 N–H and O–H groups in total. The average molecular weight is 537 g/mol. The highest BCUT2D eigenvalue weighted by Crippen LogP contribution is 2.53. The molecule has 180 valence electrons. The third-order valence-corrected chi connectivity index (χ3v) is 7.66. The predicted octanol–water partition coefficient (Wildman–Crippen LogP) is 3.66. The van der Waals surface area contributed by atoms with Gasteiger partial charge in [0.25, 0.3) is 5.91 Å². The number of carbonyl (C=O) groups is 4. The van der Waals surface area contributed by atoms with Crippen molar-refractivity contribution >= 4 is 45.3 Å². The van der Waals surface area contributed by atoms with E-state index in [1.807, 2.05) is 55.5 Å². The molecule has 0 aromatic heterocycles. The number of fused-ring (bicyclic) bond motifs is 5. The minimum absolute atomic E-state index is 0.0415. The number of aryl methyl sites for hydroxylation is 1.